The number of carboxylic acids is 1. The van der Waals surface area contributed by atoms with E-state index in [1.54, 1.807) is 18.2 Å². The Morgan fingerprint density at radius 2 is 1.90 bits per heavy atom. The maximum Gasteiger partial charge on any atom is 0.303 e. The first-order valence-electron chi connectivity index (χ1n) is 12.4. The van der Waals surface area contributed by atoms with Gasteiger partial charge in [0, 0.05) is 22.7 Å². The third-order valence-corrected chi connectivity index (χ3v) is 7.57. The van der Waals surface area contributed by atoms with E-state index >= 15 is 4.39 Å². The fourth-order valence-corrected chi connectivity index (χ4v) is 5.36. The first-order valence-corrected chi connectivity index (χ1v) is 12.8. The number of aliphatic carboxylic acids is 1. The molecule has 1 atom stereocenters. The Bertz CT molecular complexity index is 1410. The maximum absolute atomic E-state index is 15.7. The van der Waals surface area contributed by atoms with Gasteiger partial charge in [-0.1, -0.05) is 23.4 Å². The second-order valence-corrected chi connectivity index (χ2v) is 10.2. The minimum absolute atomic E-state index is 0.0255. The third-order valence-electron chi connectivity index (χ3n) is 7.27. The number of pyridine rings is 1. The van der Waals surface area contributed by atoms with Crippen molar-refractivity contribution in [1.29, 1.82) is 0 Å². The van der Waals surface area contributed by atoms with Gasteiger partial charge in [-0.25, -0.2) is 17.6 Å². The van der Waals surface area contributed by atoms with Crippen molar-refractivity contribution in [2.24, 2.45) is 5.41 Å². The Morgan fingerprint density at radius 1 is 1.21 bits per heavy atom. The topological polar surface area (TPSA) is 62.7 Å². The standard InChI is InChI=1S/C29H27ClF4N2O3/c1-39-19-4-5-25-20(15-19)27(21(30)17-35-25)22(31)6-7-29(16-26(37)38)8-11-36(12-9-29)10-2-3-18-13-23(32)28(34)24(33)14-18/h4-5,13-15,17,22H,6-12,16H2,1H3,(H,37,38)/t22-/m1/s1. The van der Waals surface area contributed by atoms with E-state index < -0.39 is 35.0 Å². The monoisotopic (exact) mass is 562 g/mol. The smallest absolute Gasteiger partial charge is 0.303 e. The van der Waals surface area contributed by atoms with E-state index in [4.69, 9.17) is 16.3 Å². The molecule has 1 fully saturated rings. The van der Waals surface area contributed by atoms with Crippen LogP contribution in [0.1, 0.15) is 49.4 Å². The molecule has 1 N–H and O–H groups in total. The molecule has 1 aliphatic rings. The van der Waals surface area contributed by atoms with Crippen LogP contribution < -0.4 is 4.74 Å². The number of ether oxygens (including phenoxy) is 1. The summed E-state index contributed by atoms with van der Waals surface area (Å²) in [6.07, 6.45) is 1.37. The zero-order valence-corrected chi connectivity index (χ0v) is 22.0. The molecule has 4 rings (SSSR count). The van der Waals surface area contributed by atoms with Crippen LogP contribution in [-0.2, 0) is 4.79 Å². The van der Waals surface area contributed by atoms with Crippen molar-refractivity contribution in [2.45, 2.75) is 38.3 Å². The van der Waals surface area contributed by atoms with Crippen molar-refractivity contribution in [2.75, 3.05) is 26.7 Å². The predicted octanol–water partition coefficient (Wildman–Crippen LogP) is 6.71. The van der Waals surface area contributed by atoms with E-state index in [9.17, 15) is 23.1 Å². The molecule has 206 valence electrons. The van der Waals surface area contributed by atoms with Crippen molar-refractivity contribution in [3.8, 4) is 17.6 Å². The summed E-state index contributed by atoms with van der Waals surface area (Å²) >= 11 is 6.35. The molecule has 1 saturated heterocycles. The zero-order chi connectivity index (χ0) is 28.2. The Morgan fingerprint density at radius 3 is 2.54 bits per heavy atom. The van der Waals surface area contributed by atoms with E-state index in [-0.39, 0.29) is 30.0 Å². The van der Waals surface area contributed by atoms with Crippen molar-refractivity contribution < 1.29 is 32.2 Å². The number of methoxy groups -OCH3 is 1. The van der Waals surface area contributed by atoms with Crippen molar-refractivity contribution in [3.63, 3.8) is 0 Å². The molecule has 1 aliphatic heterocycles. The van der Waals surface area contributed by atoms with Gasteiger partial charge in [-0.3, -0.25) is 14.7 Å². The highest BCUT2D eigenvalue weighted by molar-refractivity contribution is 6.32. The molecule has 0 radical (unpaired) electrons. The van der Waals surface area contributed by atoms with Crippen molar-refractivity contribution >= 4 is 28.5 Å². The average molecular weight is 563 g/mol. The van der Waals surface area contributed by atoms with Gasteiger partial charge < -0.3 is 9.84 Å². The number of hydrogen-bond donors (Lipinski definition) is 1. The van der Waals surface area contributed by atoms with E-state index in [2.05, 4.69) is 16.8 Å². The van der Waals surface area contributed by atoms with Gasteiger partial charge in [-0.05, 0) is 74.5 Å². The summed E-state index contributed by atoms with van der Waals surface area (Å²) in [6.45, 7) is 1.35. The number of fused-ring (bicyclic) bond motifs is 1. The van der Waals surface area contributed by atoms with E-state index in [1.807, 2.05) is 4.90 Å². The highest BCUT2D eigenvalue weighted by Gasteiger charge is 2.37. The lowest BCUT2D eigenvalue weighted by Crippen LogP contribution is -2.41. The number of piperidine rings is 1. The largest absolute Gasteiger partial charge is 0.497 e. The van der Waals surface area contributed by atoms with Crippen LogP contribution in [0.5, 0.6) is 5.75 Å². The molecule has 5 nitrogen and oxygen atoms in total. The molecule has 0 unspecified atom stereocenters. The number of rotatable bonds is 8. The minimum atomic E-state index is -1.54. The van der Waals surface area contributed by atoms with Gasteiger partial charge in [-0.2, -0.15) is 0 Å². The van der Waals surface area contributed by atoms with Gasteiger partial charge in [0.05, 0.1) is 30.6 Å². The van der Waals surface area contributed by atoms with Crippen LogP contribution in [0.15, 0.2) is 36.5 Å². The molecule has 3 aromatic rings. The zero-order valence-electron chi connectivity index (χ0n) is 21.2. The van der Waals surface area contributed by atoms with Gasteiger partial charge >= 0.3 is 5.97 Å². The van der Waals surface area contributed by atoms with Gasteiger partial charge in [0.1, 0.15) is 11.9 Å². The molecule has 39 heavy (non-hydrogen) atoms. The lowest BCUT2D eigenvalue weighted by Gasteiger charge is -2.41. The summed E-state index contributed by atoms with van der Waals surface area (Å²) in [4.78, 5) is 18.0. The molecule has 0 spiro atoms. The molecule has 0 saturated carbocycles. The normalized spacial score (nSPS) is 15.9. The summed E-state index contributed by atoms with van der Waals surface area (Å²) < 4.78 is 60.9. The van der Waals surface area contributed by atoms with Gasteiger partial charge in [-0.15, -0.1) is 0 Å². The molecular formula is C29H27ClF4N2O3. The number of aromatic nitrogens is 1. The number of carbonyl (C=O) groups is 1. The summed E-state index contributed by atoms with van der Waals surface area (Å²) in [5, 5.41) is 10.3. The van der Waals surface area contributed by atoms with Crippen LogP contribution in [0.2, 0.25) is 5.02 Å². The average Bonchev–Trinajstić information content (AvgIpc) is 2.90. The van der Waals surface area contributed by atoms with Crippen molar-refractivity contribution in [3.05, 3.63) is 70.1 Å². The molecule has 2 aromatic carbocycles. The Labute approximate surface area is 228 Å². The first-order chi connectivity index (χ1) is 18.6. The van der Waals surface area contributed by atoms with Gasteiger partial charge in [0.15, 0.2) is 17.5 Å². The molecule has 0 amide bonds. The Balaban J connectivity index is 1.43. The van der Waals surface area contributed by atoms with Crippen LogP contribution in [0.4, 0.5) is 17.6 Å². The van der Waals surface area contributed by atoms with Crippen LogP contribution in [0.25, 0.3) is 10.9 Å². The predicted molar refractivity (Wildman–Crippen MR) is 140 cm³/mol. The second kappa shape index (κ2) is 12.2. The second-order valence-electron chi connectivity index (χ2n) is 9.81. The highest BCUT2D eigenvalue weighted by atomic mass is 35.5. The Kier molecular flexibility index (Phi) is 8.98. The number of nitrogens with zero attached hydrogens (tertiary/aromatic N) is 2. The summed E-state index contributed by atoms with van der Waals surface area (Å²) in [5.41, 5.74) is 0.319. The van der Waals surface area contributed by atoms with Crippen molar-refractivity contribution in [1.82, 2.24) is 9.88 Å². The molecule has 0 bridgehead atoms. The number of hydrogen-bond acceptors (Lipinski definition) is 4. The fraction of sp³-hybridized carbons (Fsp3) is 0.379. The van der Waals surface area contributed by atoms with E-state index in [0.717, 1.165) is 12.1 Å². The Hall–Kier alpha value is -3.35. The molecule has 1 aromatic heterocycles. The SMILES string of the molecule is COc1ccc2ncc(Cl)c([C@H](F)CCC3(CC(=O)O)CCN(CC#Cc4cc(F)c(F)c(F)c4)CC3)c2c1. The van der Waals surface area contributed by atoms with Gasteiger partial charge in [0.2, 0.25) is 0 Å². The minimum Gasteiger partial charge on any atom is -0.497 e. The summed E-state index contributed by atoms with van der Waals surface area (Å²) in [7, 11) is 1.52. The highest BCUT2D eigenvalue weighted by Crippen LogP contribution is 2.44. The maximum atomic E-state index is 15.7. The fourth-order valence-electron chi connectivity index (χ4n) is 5.09. The molecule has 2 heterocycles. The number of benzene rings is 2. The third kappa shape index (κ3) is 6.81. The summed E-state index contributed by atoms with van der Waals surface area (Å²) in [5.74, 6) is 0.915. The van der Waals surface area contributed by atoms with Crippen LogP contribution in [-0.4, -0.2) is 47.7 Å². The first kappa shape index (κ1) is 28.7. The van der Waals surface area contributed by atoms with E-state index in [1.165, 1.54) is 13.3 Å². The molecule has 0 aliphatic carbocycles. The van der Waals surface area contributed by atoms with Crippen LogP contribution >= 0.6 is 11.6 Å². The number of likely N-dealkylation sites (tertiary alicyclic amines) is 1. The quantitative estimate of drug-likeness (QED) is 0.188. The lowest BCUT2D eigenvalue weighted by molar-refractivity contribution is -0.141. The van der Waals surface area contributed by atoms with Gasteiger partial charge in [0.25, 0.3) is 0 Å². The number of alkyl halides is 1. The van der Waals surface area contributed by atoms with E-state index in [0.29, 0.717) is 54.6 Å². The number of halogens is 5. The molecule has 10 heteroatoms. The van der Waals surface area contributed by atoms with Crippen LogP contribution in [0, 0.1) is 34.7 Å². The number of carboxylic acid groups (broad SMARTS) is 1. The van der Waals surface area contributed by atoms with Crippen LogP contribution in [0.3, 0.4) is 0 Å². The summed E-state index contributed by atoms with van der Waals surface area (Å²) in [6, 6.07) is 6.82. The molecular weight excluding hydrogens is 536 g/mol. The lowest BCUT2D eigenvalue weighted by atomic mass is 9.71.